The number of carboxylic acids is 1. The Morgan fingerprint density at radius 3 is 1.15 bits per heavy atom. The molecule has 0 bridgehead atoms. The third kappa shape index (κ3) is 12.6. The van der Waals surface area contributed by atoms with Crippen LogP contribution in [-0.4, -0.2) is 115 Å². The molecule has 0 aromatic carbocycles. The van der Waals surface area contributed by atoms with E-state index in [2.05, 4.69) is 14.2 Å². The van der Waals surface area contributed by atoms with E-state index in [0.717, 1.165) is 0 Å². The molecule has 0 aromatic rings. The highest BCUT2D eigenvalue weighted by atomic mass is 16.6. The lowest BCUT2D eigenvalue weighted by Gasteiger charge is -2.34. The van der Waals surface area contributed by atoms with Crippen molar-refractivity contribution in [3.05, 3.63) is 0 Å². The summed E-state index contributed by atoms with van der Waals surface area (Å²) in [4.78, 5) is 46.8. The second-order valence-corrected chi connectivity index (χ2v) is 5.20. The summed E-state index contributed by atoms with van der Waals surface area (Å²) in [7, 11) is 0. The van der Waals surface area contributed by atoms with Crippen LogP contribution in [0.4, 0.5) is 0 Å². The molecule has 27 heavy (non-hydrogen) atoms. The first-order valence-corrected chi connectivity index (χ1v) is 7.65. The number of esters is 3. The smallest absolute Gasteiger partial charge is 0.361 e. The molecule has 13 heteroatoms. The van der Waals surface area contributed by atoms with Crippen molar-refractivity contribution in [1.82, 2.24) is 6.15 Å². The van der Waals surface area contributed by atoms with E-state index in [9.17, 15) is 19.2 Å². The van der Waals surface area contributed by atoms with Crippen LogP contribution in [0.5, 0.6) is 0 Å². The average molecular weight is 399 g/mol. The van der Waals surface area contributed by atoms with E-state index in [0.29, 0.717) is 0 Å². The monoisotopic (exact) mass is 399 g/mol. The van der Waals surface area contributed by atoms with Crippen molar-refractivity contribution in [2.24, 2.45) is 0 Å². The molecule has 0 fully saturated rings. The number of aliphatic carboxylic acids is 1. The number of aliphatic hydroxyl groups excluding tert-OH is 3. The molecular weight excluding hydrogens is 372 g/mol. The predicted octanol–water partition coefficient (Wildman–Crippen LogP) is -3.34. The number of nitrogens with zero attached hydrogens (tertiary/aromatic N) is 1. The highest BCUT2D eigenvalue weighted by Crippen LogP contribution is 2.10. The molecular formula is C14H27N2O11+. The topological polar surface area (TPSA) is 212 Å². The van der Waals surface area contributed by atoms with E-state index in [-0.39, 0.29) is 26.0 Å². The van der Waals surface area contributed by atoms with Crippen molar-refractivity contribution in [3.8, 4) is 0 Å². The van der Waals surface area contributed by atoms with Crippen LogP contribution in [0.15, 0.2) is 0 Å². The average Bonchev–Trinajstić information content (AvgIpc) is 2.55. The van der Waals surface area contributed by atoms with Crippen LogP contribution in [0, 0.1) is 0 Å². The van der Waals surface area contributed by atoms with Gasteiger partial charge in [-0.25, -0.2) is 19.2 Å². The first kappa shape index (κ1) is 26.9. The van der Waals surface area contributed by atoms with Crippen LogP contribution in [-0.2, 0) is 33.4 Å². The van der Waals surface area contributed by atoms with Gasteiger partial charge in [-0.3, -0.25) is 4.48 Å². The summed E-state index contributed by atoms with van der Waals surface area (Å²) >= 11 is 0. The lowest BCUT2D eigenvalue weighted by atomic mass is 10.3. The molecule has 7 N–H and O–H groups in total. The fourth-order valence-electron chi connectivity index (χ4n) is 2.06. The van der Waals surface area contributed by atoms with Crippen molar-refractivity contribution in [3.63, 3.8) is 0 Å². The van der Waals surface area contributed by atoms with Crippen molar-refractivity contribution in [1.29, 1.82) is 0 Å². The van der Waals surface area contributed by atoms with Crippen molar-refractivity contribution < 1.29 is 58.3 Å². The van der Waals surface area contributed by atoms with E-state index < -0.39 is 74.4 Å². The van der Waals surface area contributed by atoms with E-state index in [1.807, 2.05) is 0 Å². The lowest BCUT2D eigenvalue weighted by Crippen LogP contribution is -2.59. The summed E-state index contributed by atoms with van der Waals surface area (Å²) in [5.41, 5.74) is 0. The first-order valence-electron chi connectivity index (χ1n) is 7.65. The van der Waals surface area contributed by atoms with E-state index in [1.165, 1.54) is 0 Å². The molecule has 0 atom stereocenters. The summed E-state index contributed by atoms with van der Waals surface area (Å²) in [6.45, 7) is -5.19. The number of carbonyl (C=O) groups excluding carboxylic acids is 3. The third-order valence-electron chi connectivity index (χ3n) is 2.93. The minimum absolute atomic E-state index is 0. The Bertz CT molecular complexity index is 429. The normalized spacial score (nSPS) is 10.5. The number of carboxylic acid groups (broad SMARTS) is 1. The molecule has 0 aliphatic carbocycles. The number of carbonyl (C=O) groups is 4. The summed E-state index contributed by atoms with van der Waals surface area (Å²) in [5.74, 6) is -4.22. The van der Waals surface area contributed by atoms with Gasteiger partial charge in [-0.1, -0.05) is 0 Å². The molecule has 0 aliphatic rings. The zero-order valence-corrected chi connectivity index (χ0v) is 14.9. The standard InChI is InChI=1S/C14H23NO11.H3N/c16-1-4-24-12(21)8-15(7-11(19)20,9-13(22)25-5-2-17)10-14(23)26-6-3-18;/h16-18H,1-10H2;1H3/p+1. The maximum absolute atomic E-state index is 11.9. The maximum atomic E-state index is 11.9. The SMILES string of the molecule is N.O=C(O)C[N+](CC(=O)OCCO)(CC(=O)OCCO)CC(=O)OCCO. The van der Waals surface area contributed by atoms with E-state index in [4.69, 9.17) is 20.4 Å². The van der Waals surface area contributed by atoms with Gasteiger partial charge in [0, 0.05) is 0 Å². The number of quaternary nitrogens is 1. The van der Waals surface area contributed by atoms with Crippen molar-refractivity contribution in [2.45, 2.75) is 0 Å². The number of hydrogen-bond acceptors (Lipinski definition) is 11. The first-order chi connectivity index (χ1) is 12.3. The van der Waals surface area contributed by atoms with Gasteiger partial charge in [0.1, 0.15) is 19.8 Å². The highest BCUT2D eigenvalue weighted by Gasteiger charge is 2.39. The molecule has 0 saturated heterocycles. The van der Waals surface area contributed by atoms with Gasteiger partial charge in [0.2, 0.25) is 0 Å². The van der Waals surface area contributed by atoms with Gasteiger partial charge in [0.05, 0.1) is 19.8 Å². The highest BCUT2D eigenvalue weighted by molar-refractivity contribution is 5.77. The van der Waals surface area contributed by atoms with Gasteiger partial charge in [-0.2, -0.15) is 0 Å². The van der Waals surface area contributed by atoms with Gasteiger partial charge in [-0.15, -0.1) is 0 Å². The molecule has 0 rings (SSSR count). The maximum Gasteiger partial charge on any atom is 0.361 e. The molecule has 0 heterocycles. The Balaban J connectivity index is 0. The fourth-order valence-corrected chi connectivity index (χ4v) is 2.06. The fraction of sp³-hybridized carbons (Fsp3) is 0.714. The summed E-state index contributed by atoms with van der Waals surface area (Å²) < 4.78 is 13.1. The number of hydrogen-bond donors (Lipinski definition) is 5. The van der Waals surface area contributed by atoms with Crippen molar-refractivity contribution >= 4 is 23.9 Å². The third-order valence-corrected chi connectivity index (χ3v) is 2.93. The van der Waals surface area contributed by atoms with Crippen LogP contribution in [0.2, 0.25) is 0 Å². The molecule has 158 valence electrons. The Labute approximate surface area is 155 Å². The minimum Gasteiger partial charge on any atom is -0.477 e. The van der Waals surface area contributed by atoms with Gasteiger partial charge in [0.15, 0.2) is 26.2 Å². The zero-order valence-electron chi connectivity index (χ0n) is 14.9. The molecule has 0 aliphatic heterocycles. The molecule has 0 spiro atoms. The Hall–Kier alpha value is -2.32. The van der Waals surface area contributed by atoms with Gasteiger partial charge >= 0.3 is 23.9 Å². The summed E-state index contributed by atoms with van der Waals surface area (Å²) in [5, 5.41) is 35.1. The number of ether oxygens (including phenoxy) is 3. The van der Waals surface area contributed by atoms with Crippen LogP contribution in [0.3, 0.4) is 0 Å². The Morgan fingerprint density at radius 1 is 0.630 bits per heavy atom. The largest absolute Gasteiger partial charge is 0.477 e. The Morgan fingerprint density at radius 2 is 0.926 bits per heavy atom. The van der Waals surface area contributed by atoms with Gasteiger partial charge in [0.25, 0.3) is 0 Å². The molecule has 0 radical (unpaired) electrons. The number of aliphatic hydroxyl groups is 3. The van der Waals surface area contributed by atoms with Crippen LogP contribution in [0.1, 0.15) is 0 Å². The lowest BCUT2D eigenvalue weighted by molar-refractivity contribution is -0.900. The molecule has 0 unspecified atom stereocenters. The van der Waals surface area contributed by atoms with Crippen LogP contribution < -0.4 is 6.15 Å². The molecule has 0 aromatic heterocycles. The second kappa shape index (κ2) is 14.8. The molecule has 0 amide bonds. The van der Waals surface area contributed by atoms with Crippen molar-refractivity contribution in [2.75, 3.05) is 65.8 Å². The van der Waals surface area contributed by atoms with Crippen LogP contribution in [0.25, 0.3) is 0 Å². The zero-order chi connectivity index (χ0) is 20.0. The van der Waals surface area contributed by atoms with E-state index >= 15 is 0 Å². The van der Waals surface area contributed by atoms with Crippen LogP contribution >= 0.6 is 0 Å². The molecule has 0 saturated carbocycles. The summed E-state index contributed by atoms with van der Waals surface area (Å²) in [6, 6.07) is 0. The number of rotatable bonds is 14. The quantitative estimate of drug-likeness (QED) is 0.110. The van der Waals surface area contributed by atoms with E-state index in [1.54, 1.807) is 0 Å². The summed E-state index contributed by atoms with van der Waals surface area (Å²) in [6.07, 6.45) is 0. The van der Waals surface area contributed by atoms with Gasteiger partial charge < -0.3 is 40.8 Å². The Kier molecular flexibility index (Phi) is 14.8. The minimum atomic E-state index is -1.40. The molecule has 13 nitrogen and oxygen atoms in total. The second-order valence-electron chi connectivity index (χ2n) is 5.20. The predicted molar refractivity (Wildman–Crippen MR) is 86.5 cm³/mol. The van der Waals surface area contributed by atoms with Gasteiger partial charge in [-0.05, 0) is 0 Å².